The van der Waals surface area contributed by atoms with Crippen molar-refractivity contribution < 1.29 is 5.11 Å². The Kier molecular flexibility index (Phi) is 4.26. The highest BCUT2D eigenvalue weighted by atomic mass is 35.5. The van der Waals surface area contributed by atoms with Gasteiger partial charge >= 0.3 is 0 Å². The van der Waals surface area contributed by atoms with E-state index in [2.05, 4.69) is 27.7 Å². The molecule has 1 aromatic rings. The van der Waals surface area contributed by atoms with Gasteiger partial charge in [0.15, 0.2) is 0 Å². The summed E-state index contributed by atoms with van der Waals surface area (Å²) in [6, 6.07) is 3.72. The molecule has 1 aromatic carbocycles. The van der Waals surface area contributed by atoms with Gasteiger partial charge in [-0.3, -0.25) is 0 Å². The Hall–Kier alpha value is -0.690. The fraction of sp³-hybridized carbons (Fsp3) is 0.571. The third kappa shape index (κ3) is 3.15. The number of hydrogen-bond donors (Lipinski definition) is 1. The second-order valence-corrected chi connectivity index (χ2v) is 5.72. The summed E-state index contributed by atoms with van der Waals surface area (Å²) in [6.45, 7) is 8.37. The van der Waals surface area contributed by atoms with Crippen LogP contribution in [0.25, 0.3) is 0 Å². The quantitative estimate of drug-likeness (QED) is 0.813. The molecule has 1 nitrogen and oxygen atoms in total. The number of aryl methyl sites for hydroxylation is 1. The van der Waals surface area contributed by atoms with Crippen LogP contribution in [0.15, 0.2) is 12.1 Å². The summed E-state index contributed by atoms with van der Waals surface area (Å²) >= 11 is 6.23. The molecule has 0 aliphatic carbocycles. The van der Waals surface area contributed by atoms with Crippen LogP contribution >= 0.6 is 11.6 Å². The van der Waals surface area contributed by atoms with Gasteiger partial charge in [0.2, 0.25) is 0 Å². The molecule has 0 radical (unpaired) electrons. The van der Waals surface area contributed by atoms with Crippen LogP contribution in [0.3, 0.4) is 0 Å². The van der Waals surface area contributed by atoms with E-state index in [1.807, 2.05) is 12.1 Å². The van der Waals surface area contributed by atoms with E-state index in [1.54, 1.807) is 0 Å². The highest BCUT2D eigenvalue weighted by molar-refractivity contribution is 6.31. The Morgan fingerprint density at radius 3 is 2.38 bits per heavy atom. The Morgan fingerprint density at radius 1 is 1.25 bits per heavy atom. The molecule has 0 amide bonds. The molecule has 0 heterocycles. The first-order chi connectivity index (χ1) is 7.36. The van der Waals surface area contributed by atoms with Gasteiger partial charge in [-0.2, -0.15) is 0 Å². The molecule has 1 N–H and O–H groups in total. The van der Waals surface area contributed by atoms with Gasteiger partial charge in [0.1, 0.15) is 5.75 Å². The summed E-state index contributed by atoms with van der Waals surface area (Å²) in [4.78, 5) is 0. The maximum atomic E-state index is 9.99. The molecule has 0 unspecified atom stereocenters. The Balaban J connectivity index is 3.07. The maximum Gasteiger partial charge on any atom is 0.119 e. The Morgan fingerprint density at radius 2 is 1.88 bits per heavy atom. The van der Waals surface area contributed by atoms with Crippen molar-refractivity contribution in [2.75, 3.05) is 0 Å². The molecule has 1 rings (SSSR count). The van der Waals surface area contributed by atoms with Gasteiger partial charge in [0.05, 0.1) is 0 Å². The second-order valence-electron chi connectivity index (χ2n) is 5.31. The molecule has 2 heteroatoms. The first-order valence-electron chi connectivity index (χ1n) is 5.88. The first kappa shape index (κ1) is 13.4. The van der Waals surface area contributed by atoms with Gasteiger partial charge in [-0.05, 0) is 36.0 Å². The lowest BCUT2D eigenvalue weighted by molar-refractivity contribution is 0.446. The number of benzene rings is 1. The third-order valence-corrected chi connectivity index (χ3v) is 3.12. The average Bonchev–Trinajstić information content (AvgIpc) is 2.17. The monoisotopic (exact) mass is 240 g/mol. The molecule has 0 aliphatic rings. The van der Waals surface area contributed by atoms with Gasteiger partial charge in [-0.25, -0.2) is 0 Å². The highest BCUT2D eigenvalue weighted by Gasteiger charge is 2.19. The number of phenolic OH excluding ortho intramolecular Hbond substituents is 1. The summed E-state index contributed by atoms with van der Waals surface area (Å²) in [5.41, 5.74) is 1.89. The molecular formula is C14H21ClO. The van der Waals surface area contributed by atoms with E-state index < -0.39 is 0 Å². The third-order valence-electron chi connectivity index (χ3n) is 2.77. The number of unbranched alkanes of at least 4 members (excludes halogenated alkanes) is 1. The number of rotatable bonds is 3. The summed E-state index contributed by atoms with van der Waals surface area (Å²) in [7, 11) is 0. The highest BCUT2D eigenvalue weighted by Crippen LogP contribution is 2.35. The zero-order valence-corrected chi connectivity index (χ0v) is 11.4. The summed E-state index contributed by atoms with van der Waals surface area (Å²) in [6.07, 6.45) is 3.18. The molecule has 0 atom stereocenters. The fourth-order valence-corrected chi connectivity index (χ4v) is 2.02. The lowest BCUT2D eigenvalue weighted by Gasteiger charge is -2.21. The van der Waals surface area contributed by atoms with Crippen LogP contribution in [0.2, 0.25) is 5.02 Å². The van der Waals surface area contributed by atoms with Gasteiger partial charge in [0.25, 0.3) is 0 Å². The molecule has 0 saturated heterocycles. The minimum Gasteiger partial charge on any atom is -0.508 e. The molecule has 0 saturated carbocycles. The number of aromatic hydroxyl groups is 1. The SMILES string of the molecule is CCCCc1cc(O)c(C(C)(C)C)cc1Cl. The first-order valence-corrected chi connectivity index (χ1v) is 6.26. The molecule has 0 aromatic heterocycles. The molecule has 0 fully saturated rings. The maximum absolute atomic E-state index is 9.99. The van der Waals surface area contributed by atoms with Gasteiger partial charge < -0.3 is 5.11 Å². The van der Waals surface area contributed by atoms with Crippen LogP contribution in [0.1, 0.15) is 51.7 Å². The van der Waals surface area contributed by atoms with E-state index in [-0.39, 0.29) is 5.41 Å². The Labute approximate surface area is 103 Å². The van der Waals surface area contributed by atoms with Crippen LogP contribution in [-0.4, -0.2) is 5.11 Å². The van der Waals surface area contributed by atoms with E-state index in [4.69, 9.17) is 11.6 Å². The van der Waals surface area contributed by atoms with Crippen molar-refractivity contribution in [1.29, 1.82) is 0 Å². The van der Waals surface area contributed by atoms with Crippen LogP contribution in [0.4, 0.5) is 0 Å². The normalized spacial score (nSPS) is 11.8. The van der Waals surface area contributed by atoms with Crippen molar-refractivity contribution in [3.63, 3.8) is 0 Å². The van der Waals surface area contributed by atoms with Gasteiger partial charge in [0, 0.05) is 10.6 Å². The van der Waals surface area contributed by atoms with E-state index >= 15 is 0 Å². The van der Waals surface area contributed by atoms with E-state index in [0.29, 0.717) is 5.75 Å². The predicted molar refractivity (Wildman–Crippen MR) is 70.4 cm³/mol. The van der Waals surface area contributed by atoms with Gasteiger partial charge in [-0.1, -0.05) is 45.7 Å². The van der Waals surface area contributed by atoms with Crippen molar-refractivity contribution in [3.05, 3.63) is 28.3 Å². The van der Waals surface area contributed by atoms with Crippen molar-refractivity contribution in [2.24, 2.45) is 0 Å². The topological polar surface area (TPSA) is 20.2 Å². The van der Waals surface area contributed by atoms with Crippen molar-refractivity contribution in [2.45, 2.75) is 52.4 Å². The van der Waals surface area contributed by atoms with Gasteiger partial charge in [-0.15, -0.1) is 0 Å². The minimum atomic E-state index is -0.0724. The van der Waals surface area contributed by atoms with Crippen molar-refractivity contribution >= 4 is 11.6 Å². The zero-order valence-electron chi connectivity index (χ0n) is 10.6. The fourth-order valence-electron chi connectivity index (χ4n) is 1.76. The van der Waals surface area contributed by atoms with Crippen LogP contribution in [-0.2, 0) is 11.8 Å². The molecular weight excluding hydrogens is 220 g/mol. The van der Waals surface area contributed by atoms with Crippen LogP contribution in [0.5, 0.6) is 5.75 Å². The van der Waals surface area contributed by atoms with Crippen molar-refractivity contribution in [3.8, 4) is 5.75 Å². The molecule has 0 spiro atoms. The molecule has 0 bridgehead atoms. The standard InChI is InChI=1S/C14H21ClO/c1-5-6-7-10-8-13(16)11(9-12(10)15)14(2,3)4/h8-9,16H,5-7H2,1-4H3. The molecule has 16 heavy (non-hydrogen) atoms. The summed E-state index contributed by atoms with van der Waals surface area (Å²) < 4.78 is 0. The average molecular weight is 241 g/mol. The van der Waals surface area contributed by atoms with Crippen molar-refractivity contribution in [1.82, 2.24) is 0 Å². The second kappa shape index (κ2) is 5.09. The van der Waals surface area contributed by atoms with E-state index in [9.17, 15) is 5.11 Å². The zero-order chi connectivity index (χ0) is 12.3. The number of phenols is 1. The van der Waals surface area contributed by atoms with E-state index in [0.717, 1.165) is 35.4 Å². The summed E-state index contributed by atoms with van der Waals surface area (Å²) in [5.74, 6) is 0.364. The van der Waals surface area contributed by atoms with E-state index in [1.165, 1.54) is 0 Å². The lowest BCUT2D eigenvalue weighted by atomic mass is 9.85. The predicted octanol–water partition coefficient (Wildman–Crippen LogP) is 4.69. The lowest BCUT2D eigenvalue weighted by Crippen LogP contribution is -2.11. The summed E-state index contributed by atoms with van der Waals surface area (Å²) in [5, 5.41) is 10.8. The minimum absolute atomic E-state index is 0.0724. The Bertz CT molecular complexity index is 364. The number of halogens is 1. The largest absolute Gasteiger partial charge is 0.508 e. The molecule has 90 valence electrons. The number of hydrogen-bond acceptors (Lipinski definition) is 1. The smallest absolute Gasteiger partial charge is 0.119 e. The molecule has 0 aliphatic heterocycles. The van der Waals surface area contributed by atoms with Crippen LogP contribution in [0, 0.1) is 0 Å². The van der Waals surface area contributed by atoms with Crippen LogP contribution < -0.4 is 0 Å².